The van der Waals surface area contributed by atoms with Crippen LogP contribution in [0, 0.1) is 17.6 Å². The van der Waals surface area contributed by atoms with Gasteiger partial charge in [-0.05, 0) is 12.1 Å². The zero-order valence-corrected chi connectivity index (χ0v) is 7.97. The van der Waals surface area contributed by atoms with Crippen molar-refractivity contribution < 1.29 is 13.6 Å². The van der Waals surface area contributed by atoms with Crippen molar-refractivity contribution >= 4 is 11.6 Å². The Morgan fingerprint density at radius 1 is 1.29 bits per heavy atom. The van der Waals surface area contributed by atoms with E-state index in [4.69, 9.17) is 0 Å². The molecule has 1 rings (SSSR count). The first-order valence-electron chi connectivity index (χ1n) is 4.27. The summed E-state index contributed by atoms with van der Waals surface area (Å²) >= 11 is 0. The van der Waals surface area contributed by atoms with Crippen LogP contribution < -0.4 is 5.32 Å². The molecule has 0 bridgehead atoms. The first kappa shape index (κ1) is 10.6. The fourth-order valence-electron chi connectivity index (χ4n) is 0.885. The number of hydrogen-bond donors (Lipinski definition) is 1. The van der Waals surface area contributed by atoms with E-state index in [0.717, 1.165) is 12.1 Å². The number of para-hydroxylation sites is 1. The van der Waals surface area contributed by atoms with Gasteiger partial charge in [0.05, 0.1) is 0 Å². The number of hydrogen-bond acceptors (Lipinski definition) is 1. The number of halogens is 2. The monoisotopic (exact) mass is 199 g/mol. The lowest BCUT2D eigenvalue weighted by Crippen LogP contribution is -2.19. The highest BCUT2D eigenvalue weighted by atomic mass is 19.1. The summed E-state index contributed by atoms with van der Waals surface area (Å²) in [6.45, 7) is 3.29. The van der Waals surface area contributed by atoms with Crippen LogP contribution in [0.5, 0.6) is 0 Å². The average molecular weight is 199 g/mol. The maximum Gasteiger partial charge on any atom is 0.227 e. The van der Waals surface area contributed by atoms with Crippen molar-refractivity contribution in [2.45, 2.75) is 13.8 Å². The van der Waals surface area contributed by atoms with Crippen LogP contribution in [-0.4, -0.2) is 5.91 Å². The van der Waals surface area contributed by atoms with Crippen molar-refractivity contribution in [2.24, 2.45) is 5.92 Å². The van der Waals surface area contributed by atoms with E-state index in [9.17, 15) is 13.6 Å². The average Bonchev–Trinajstić information content (AvgIpc) is 2.11. The summed E-state index contributed by atoms with van der Waals surface area (Å²) in [4.78, 5) is 11.2. The van der Waals surface area contributed by atoms with Crippen LogP contribution in [0.15, 0.2) is 18.2 Å². The third kappa shape index (κ3) is 2.28. The lowest BCUT2D eigenvalue weighted by atomic mass is 10.2. The summed E-state index contributed by atoms with van der Waals surface area (Å²) in [6.07, 6.45) is 0. The fraction of sp³-hybridized carbons (Fsp3) is 0.300. The Morgan fingerprint density at radius 3 is 2.21 bits per heavy atom. The van der Waals surface area contributed by atoms with Gasteiger partial charge in [0, 0.05) is 5.92 Å². The van der Waals surface area contributed by atoms with E-state index < -0.39 is 17.5 Å². The summed E-state index contributed by atoms with van der Waals surface area (Å²) in [5.41, 5.74) is -0.383. The second-order valence-corrected chi connectivity index (χ2v) is 3.24. The van der Waals surface area contributed by atoms with Crippen LogP contribution in [0.2, 0.25) is 0 Å². The number of anilines is 1. The Labute approximate surface area is 80.9 Å². The lowest BCUT2D eigenvalue weighted by molar-refractivity contribution is -0.118. The Hall–Kier alpha value is -1.45. The van der Waals surface area contributed by atoms with Gasteiger partial charge in [0.25, 0.3) is 0 Å². The summed E-state index contributed by atoms with van der Waals surface area (Å²) < 4.78 is 26.0. The normalized spacial score (nSPS) is 10.4. The van der Waals surface area contributed by atoms with Crippen LogP contribution in [0.25, 0.3) is 0 Å². The standard InChI is InChI=1S/C10H11F2NO/c1-6(2)10(14)13-9-7(11)4-3-5-8(9)12/h3-6H,1-2H3,(H,13,14). The molecule has 0 unspecified atom stereocenters. The fourth-order valence-corrected chi connectivity index (χ4v) is 0.885. The first-order valence-corrected chi connectivity index (χ1v) is 4.27. The summed E-state index contributed by atoms with van der Waals surface area (Å²) in [6, 6.07) is 3.44. The number of amides is 1. The minimum absolute atomic E-state index is 0.311. The van der Waals surface area contributed by atoms with Crippen molar-refractivity contribution in [2.75, 3.05) is 5.32 Å². The van der Waals surface area contributed by atoms with E-state index >= 15 is 0 Å². The molecule has 0 aromatic heterocycles. The molecule has 0 spiro atoms. The molecule has 1 aromatic carbocycles. The van der Waals surface area contributed by atoms with Crippen LogP contribution in [0.3, 0.4) is 0 Å². The van der Waals surface area contributed by atoms with Gasteiger partial charge in [0.15, 0.2) is 0 Å². The van der Waals surface area contributed by atoms with Gasteiger partial charge in [-0.3, -0.25) is 4.79 Å². The minimum atomic E-state index is -0.765. The van der Waals surface area contributed by atoms with Gasteiger partial charge >= 0.3 is 0 Å². The van der Waals surface area contributed by atoms with E-state index in [1.165, 1.54) is 6.07 Å². The molecule has 1 amide bonds. The molecule has 0 atom stereocenters. The predicted octanol–water partition coefficient (Wildman–Crippen LogP) is 2.56. The molecule has 0 aliphatic heterocycles. The molecular weight excluding hydrogens is 188 g/mol. The Kier molecular flexibility index (Phi) is 3.17. The topological polar surface area (TPSA) is 29.1 Å². The van der Waals surface area contributed by atoms with Crippen molar-refractivity contribution in [1.82, 2.24) is 0 Å². The molecule has 0 radical (unpaired) electrons. The predicted molar refractivity (Wildman–Crippen MR) is 49.8 cm³/mol. The van der Waals surface area contributed by atoms with Crippen LogP contribution >= 0.6 is 0 Å². The quantitative estimate of drug-likeness (QED) is 0.779. The number of rotatable bonds is 2. The molecule has 0 heterocycles. The van der Waals surface area contributed by atoms with Gasteiger partial charge in [-0.2, -0.15) is 0 Å². The molecule has 0 aliphatic rings. The van der Waals surface area contributed by atoms with Crippen molar-refractivity contribution in [3.8, 4) is 0 Å². The van der Waals surface area contributed by atoms with E-state index in [2.05, 4.69) is 5.32 Å². The number of nitrogens with one attached hydrogen (secondary N) is 1. The second kappa shape index (κ2) is 4.17. The van der Waals surface area contributed by atoms with E-state index in [1.54, 1.807) is 13.8 Å². The molecule has 2 nitrogen and oxygen atoms in total. The Bertz CT molecular complexity index is 330. The van der Waals surface area contributed by atoms with Gasteiger partial charge in [-0.25, -0.2) is 8.78 Å². The van der Waals surface area contributed by atoms with Crippen LogP contribution in [0.1, 0.15) is 13.8 Å². The summed E-state index contributed by atoms with van der Waals surface area (Å²) in [7, 11) is 0. The Balaban J connectivity index is 2.91. The largest absolute Gasteiger partial charge is 0.321 e. The zero-order chi connectivity index (χ0) is 10.7. The number of benzene rings is 1. The maximum absolute atomic E-state index is 13.0. The van der Waals surface area contributed by atoms with Crippen LogP contribution in [0.4, 0.5) is 14.5 Å². The molecule has 0 fully saturated rings. The minimum Gasteiger partial charge on any atom is -0.321 e. The molecule has 1 aromatic rings. The summed E-state index contributed by atoms with van der Waals surface area (Å²) in [5, 5.41) is 2.19. The molecule has 1 N–H and O–H groups in total. The number of carbonyl (C=O) groups is 1. The third-order valence-corrected chi connectivity index (χ3v) is 1.74. The maximum atomic E-state index is 13.0. The molecule has 0 saturated heterocycles. The van der Waals surface area contributed by atoms with Gasteiger partial charge in [0.1, 0.15) is 17.3 Å². The Morgan fingerprint density at radius 2 is 1.79 bits per heavy atom. The molecule has 4 heteroatoms. The lowest BCUT2D eigenvalue weighted by Gasteiger charge is -2.08. The van der Waals surface area contributed by atoms with Gasteiger partial charge in [-0.1, -0.05) is 19.9 Å². The highest BCUT2D eigenvalue weighted by Gasteiger charge is 2.13. The van der Waals surface area contributed by atoms with Crippen molar-refractivity contribution in [3.63, 3.8) is 0 Å². The SMILES string of the molecule is CC(C)C(=O)Nc1c(F)cccc1F. The van der Waals surface area contributed by atoms with E-state index in [-0.39, 0.29) is 11.6 Å². The van der Waals surface area contributed by atoms with Gasteiger partial charge in [0.2, 0.25) is 5.91 Å². The molecule has 0 saturated carbocycles. The third-order valence-electron chi connectivity index (χ3n) is 1.74. The van der Waals surface area contributed by atoms with Crippen molar-refractivity contribution in [1.29, 1.82) is 0 Å². The van der Waals surface area contributed by atoms with Crippen molar-refractivity contribution in [3.05, 3.63) is 29.8 Å². The summed E-state index contributed by atoms with van der Waals surface area (Å²) in [5.74, 6) is -2.25. The highest BCUT2D eigenvalue weighted by molar-refractivity contribution is 5.92. The molecule has 0 aliphatic carbocycles. The van der Waals surface area contributed by atoms with Crippen LogP contribution in [-0.2, 0) is 4.79 Å². The second-order valence-electron chi connectivity index (χ2n) is 3.24. The smallest absolute Gasteiger partial charge is 0.227 e. The molecule has 14 heavy (non-hydrogen) atoms. The highest BCUT2D eigenvalue weighted by Crippen LogP contribution is 2.18. The van der Waals surface area contributed by atoms with Gasteiger partial charge < -0.3 is 5.32 Å². The van der Waals surface area contributed by atoms with E-state index in [0.29, 0.717) is 0 Å². The first-order chi connectivity index (χ1) is 6.52. The van der Waals surface area contributed by atoms with E-state index in [1.807, 2.05) is 0 Å². The molecular formula is C10H11F2NO. The number of carbonyl (C=O) groups excluding carboxylic acids is 1. The van der Waals surface area contributed by atoms with Gasteiger partial charge in [-0.15, -0.1) is 0 Å². The molecule has 76 valence electrons. The zero-order valence-electron chi connectivity index (χ0n) is 7.97.